The van der Waals surface area contributed by atoms with Crippen LogP contribution in [0.2, 0.25) is 0 Å². The SMILES string of the molecule is CC(C)c1ccc2c(c1)CC[C@H]1[C@](C)(CNCCN[C@@H](C)C3CCCCC3)CCC[C@]21C. The maximum absolute atomic E-state index is 3.89. The molecule has 1 aromatic carbocycles. The molecule has 32 heavy (non-hydrogen) atoms. The van der Waals surface area contributed by atoms with Gasteiger partial charge in [-0.25, -0.2) is 0 Å². The maximum atomic E-state index is 3.89. The lowest BCUT2D eigenvalue weighted by atomic mass is 9.49. The van der Waals surface area contributed by atoms with Crippen LogP contribution in [0.4, 0.5) is 0 Å². The summed E-state index contributed by atoms with van der Waals surface area (Å²) in [5.74, 6) is 2.32. The van der Waals surface area contributed by atoms with Gasteiger partial charge in [-0.05, 0) is 90.7 Å². The van der Waals surface area contributed by atoms with Crippen LogP contribution in [0.15, 0.2) is 18.2 Å². The molecule has 3 aliphatic rings. The summed E-state index contributed by atoms with van der Waals surface area (Å²) < 4.78 is 0. The van der Waals surface area contributed by atoms with Crippen molar-refractivity contribution in [1.82, 2.24) is 10.6 Å². The van der Waals surface area contributed by atoms with E-state index in [4.69, 9.17) is 0 Å². The zero-order valence-electron chi connectivity index (χ0n) is 21.7. The third kappa shape index (κ3) is 4.97. The summed E-state index contributed by atoms with van der Waals surface area (Å²) in [5.41, 5.74) is 5.60. The van der Waals surface area contributed by atoms with Gasteiger partial charge in [-0.15, -0.1) is 0 Å². The molecule has 2 heteroatoms. The van der Waals surface area contributed by atoms with Crippen LogP contribution >= 0.6 is 0 Å². The van der Waals surface area contributed by atoms with Crippen molar-refractivity contribution in [2.24, 2.45) is 17.3 Å². The van der Waals surface area contributed by atoms with Crippen molar-refractivity contribution in [3.8, 4) is 0 Å². The van der Waals surface area contributed by atoms with E-state index in [1.165, 1.54) is 76.3 Å². The number of nitrogens with one attached hydrogen (secondary N) is 2. The molecule has 0 bridgehead atoms. The van der Waals surface area contributed by atoms with Crippen molar-refractivity contribution in [3.63, 3.8) is 0 Å². The van der Waals surface area contributed by atoms with Gasteiger partial charge in [0.15, 0.2) is 0 Å². The monoisotopic (exact) mass is 438 g/mol. The minimum atomic E-state index is 0.353. The molecule has 0 radical (unpaired) electrons. The van der Waals surface area contributed by atoms with Crippen LogP contribution in [0, 0.1) is 17.3 Å². The largest absolute Gasteiger partial charge is 0.315 e. The molecule has 2 nitrogen and oxygen atoms in total. The van der Waals surface area contributed by atoms with Gasteiger partial charge in [0.25, 0.3) is 0 Å². The van der Waals surface area contributed by atoms with Crippen LogP contribution in [0.3, 0.4) is 0 Å². The molecule has 3 aliphatic carbocycles. The first kappa shape index (κ1) is 24.3. The quantitative estimate of drug-likeness (QED) is 0.428. The van der Waals surface area contributed by atoms with Crippen LogP contribution in [0.25, 0.3) is 0 Å². The van der Waals surface area contributed by atoms with Gasteiger partial charge in [0.2, 0.25) is 0 Å². The summed E-state index contributed by atoms with van der Waals surface area (Å²) in [6.45, 7) is 15.6. The maximum Gasteiger partial charge on any atom is 0.00793 e. The Balaban J connectivity index is 1.33. The van der Waals surface area contributed by atoms with E-state index in [2.05, 4.69) is 63.5 Å². The van der Waals surface area contributed by atoms with Crippen LogP contribution in [0.5, 0.6) is 0 Å². The second kappa shape index (κ2) is 10.2. The van der Waals surface area contributed by atoms with Crippen molar-refractivity contribution < 1.29 is 0 Å². The fourth-order valence-corrected chi connectivity index (χ4v) is 7.78. The Morgan fingerprint density at radius 1 is 0.938 bits per heavy atom. The lowest BCUT2D eigenvalue weighted by Crippen LogP contribution is -2.53. The zero-order valence-corrected chi connectivity index (χ0v) is 21.7. The average Bonchev–Trinajstić information content (AvgIpc) is 2.79. The highest BCUT2D eigenvalue weighted by molar-refractivity contribution is 5.42. The lowest BCUT2D eigenvalue weighted by Gasteiger charge is -2.55. The molecule has 2 fully saturated rings. The van der Waals surface area contributed by atoms with Gasteiger partial charge >= 0.3 is 0 Å². The highest BCUT2D eigenvalue weighted by atomic mass is 15.0. The molecule has 2 saturated carbocycles. The van der Waals surface area contributed by atoms with E-state index in [9.17, 15) is 0 Å². The molecule has 0 saturated heterocycles. The minimum absolute atomic E-state index is 0.353. The minimum Gasteiger partial charge on any atom is -0.315 e. The highest BCUT2D eigenvalue weighted by Crippen LogP contribution is 2.57. The second-order valence-corrected chi connectivity index (χ2v) is 12.4. The van der Waals surface area contributed by atoms with E-state index in [1.54, 1.807) is 11.1 Å². The number of aryl methyl sites for hydroxylation is 1. The molecule has 0 unspecified atom stereocenters. The molecule has 4 atom stereocenters. The molecule has 0 spiro atoms. The molecule has 0 aromatic heterocycles. The van der Waals surface area contributed by atoms with Crippen molar-refractivity contribution in [2.45, 2.75) is 116 Å². The van der Waals surface area contributed by atoms with Crippen LogP contribution in [0.1, 0.15) is 115 Å². The first-order chi connectivity index (χ1) is 15.3. The average molecular weight is 439 g/mol. The molecule has 0 amide bonds. The zero-order chi connectivity index (χ0) is 22.8. The summed E-state index contributed by atoms with van der Waals surface area (Å²) in [7, 11) is 0. The smallest absolute Gasteiger partial charge is 0.00793 e. The number of hydrogen-bond acceptors (Lipinski definition) is 2. The molecule has 2 N–H and O–H groups in total. The first-order valence-electron chi connectivity index (χ1n) is 13.9. The summed E-state index contributed by atoms with van der Waals surface area (Å²) in [5, 5.41) is 7.72. The normalized spacial score (nSPS) is 31.9. The van der Waals surface area contributed by atoms with Crippen molar-refractivity contribution in [3.05, 3.63) is 34.9 Å². The summed E-state index contributed by atoms with van der Waals surface area (Å²) in [4.78, 5) is 0. The standard InChI is InChI=1S/C30H50N2/c1-22(2)25-12-14-27-26(20-25)13-15-28-29(4,16-9-17-30(27,28)5)21-31-18-19-32-23(3)24-10-7-6-8-11-24/h12,14,20,22-24,28,31-32H,6-11,13,15-19,21H2,1-5H3/t23-,28-,29-,30+/m0/s1. The summed E-state index contributed by atoms with van der Waals surface area (Å²) in [6.07, 6.45) is 13.9. The summed E-state index contributed by atoms with van der Waals surface area (Å²) in [6, 6.07) is 8.13. The molecular weight excluding hydrogens is 388 g/mol. The van der Waals surface area contributed by atoms with E-state index in [1.807, 2.05) is 0 Å². The van der Waals surface area contributed by atoms with E-state index in [-0.39, 0.29) is 0 Å². The van der Waals surface area contributed by atoms with E-state index in [0.29, 0.717) is 22.8 Å². The number of rotatable bonds is 8. The molecular formula is C30H50N2. The number of hydrogen-bond donors (Lipinski definition) is 2. The first-order valence-corrected chi connectivity index (χ1v) is 13.9. The Labute approximate surface area is 198 Å². The van der Waals surface area contributed by atoms with Crippen LogP contribution in [-0.2, 0) is 11.8 Å². The van der Waals surface area contributed by atoms with Gasteiger partial charge in [-0.3, -0.25) is 0 Å². The lowest BCUT2D eigenvalue weighted by molar-refractivity contribution is 0.0261. The van der Waals surface area contributed by atoms with Crippen molar-refractivity contribution in [2.75, 3.05) is 19.6 Å². The Morgan fingerprint density at radius 3 is 2.47 bits per heavy atom. The number of benzene rings is 1. The van der Waals surface area contributed by atoms with Gasteiger partial charge in [0.05, 0.1) is 0 Å². The van der Waals surface area contributed by atoms with Gasteiger partial charge in [-0.1, -0.05) is 71.6 Å². The van der Waals surface area contributed by atoms with Crippen LogP contribution < -0.4 is 10.6 Å². The van der Waals surface area contributed by atoms with E-state index >= 15 is 0 Å². The fraction of sp³-hybridized carbons (Fsp3) is 0.800. The third-order valence-corrected chi connectivity index (χ3v) is 9.82. The third-order valence-electron chi connectivity index (χ3n) is 9.82. The topological polar surface area (TPSA) is 24.1 Å². The Bertz CT molecular complexity index is 749. The Kier molecular flexibility index (Phi) is 7.72. The van der Waals surface area contributed by atoms with E-state index in [0.717, 1.165) is 24.9 Å². The predicted octanol–water partition coefficient (Wildman–Crippen LogP) is 6.97. The van der Waals surface area contributed by atoms with E-state index < -0.39 is 0 Å². The fourth-order valence-electron chi connectivity index (χ4n) is 7.78. The molecule has 0 heterocycles. The van der Waals surface area contributed by atoms with Gasteiger partial charge in [-0.2, -0.15) is 0 Å². The molecule has 4 rings (SSSR count). The highest BCUT2D eigenvalue weighted by Gasteiger charge is 2.51. The number of fused-ring (bicyclic) bond motifs is 3. The van der Waals surface area contributed by atoms with Gasteiger partial charge in [0.1, 0.15) is 0 Å². The predicted molar refractivity (Wildman–Crippen MR) is 139 cm³/mol. The second-order valence-electron chi connectivity index (χ2n) is 12.4. The van der Waals surface area contributed by atoms with Gasteiger partial charge in [0, 0.05) is 25.7 Å². The van der Waals surface area contributed by atoms with Crippen LogP contribution in [-0.4, -0.2) is 25.7 Å². The van der Waals surface area contributed by atoms with Gasteiger partial charge < -0.3 is 10.6 Å². The van der Waals surface area contributed by atoms with Crippen molar-refractivity contribution in [1.29, 1.82) is 0 Å². The molecule has 0 aliphatic heterocycles. The van der Waals surface area contributed by atoms with Crippen molar-refractivity contribution >= 4 is 0 Å². The Morgan fingerprint density at radius 2 is 1.72 bits per heavy atom. The molecule has 1 aromatic rings. The summed E-state index contributed by atoms with van der Waals surface area (Å²) >= 11 is 0. The molecule has 180 valence electrons. The Hall–Kier alpha value is -0.860.